The number of halogens is 1. The molecule has 2 aliphatic rings. The number of H-pyrrole nitrogens is 1. The van der Waals surface area contributed by atoms with E-state index in [1.165, 1.54) is 6.07 Å². The van der Waals surface area contributed by atoms with Crippen molar-refractivity contribution >= 4 is 17.7 Å². The van der Waals surface area contributed by atoms with E-state index < -0.39 is 0 Å². The summed E-state index contributed by atoms with van der Waals surface area (Å²) in [5.41, 5.74) is 4.01. The molecule has 1 atom stereocenters. The largest absolute Gasteiger partial charge is 0.395 e. The lowest BCUT2D eigenvalue weighted by molar-refractivity contribution is 0.188. The minimum Gasteiger partial charge on any atom is -0.395 e. The van der Waals surface area contributed by atoms with Gasteiger partial charge in [0.2, 0.25) is 0 Å². The smallest absolute Gasteiger partial charge is 0.130 e. The van der Waals surface area contributed by atoms with Gasteiger partial charge in [0.15, 0.2) is 0 Å². The number of hydrogen-bond donors (Lipinski definition) is 3. The van der Waals surface area contributed by atoms with Crippen LogP contribution in [0.3, 0.4) is 0 Å². The molecule has 2 aliphatic heterocycles. The molecule has 3 N–H and O–H groups in total. The van der Waals surface area contributed by atoms with Gasteiger partial charge in [0.25, 0.3) is 0 Å². The Kier molecular flexibility index (Phi) is 8.34. The lowest BCUT2D eigenvalue weighted by atomic mass is 10.0. The topological polar surface area (TPSA) is 108 Å². The van der Waals surface area contributed by atoms with Crippen LogP contribution in [0.5, 0.6) is 0 Å². The van der Waals surface area contributed by atoms with Crippen molar-refractivity contribution in [2.24, 2.45) is 0 Å². The van der Waals surface area contributed by atoms with Crippen molar-refractivity contribution in [1.29, 1.82) is 5.41 Å². The zero-order valence-corrected chi connectivity index (χ0v) is 23.5. The highest BCUT2D eigenvalue weighted by atomic mass is 19.1. The Balaban J connectivity index is 1.13. The number of likely N-dealkylation sites (tertiary alicyclic amines) is 1. The molecule has 0 aliphatic carbocycles. The van der Waals surface area contributed by atoms with E-state index in [4.69, 9.17) is 15.4 Å². The number of aliphatic hydroxyl groups is 1. The highest BCUT2D eigenvalue weighted by Gasteiger charge is 2.27. The number of imidazole rings is 1. The van der Waals surface area contributed by atoms with Crippen LogP contribution in [0.25, 0.3) is 28.9 Å². The van der Waals surface area contributed by atoms with Gasteiger partial charge in [0.05, 0.1) is 41.6 Å². The van der Waals surface area contributed by atoms with Crippen LogP contribution in [0, 0.1) is 11.2 Å². The summed E-state index contributed by atoms with van der Waals surface area (Å²) in [6.45, 7) is 5.21. The molecule has 42 heavy (non-hydrogen) atoms. The Hall–Kier alpha value is -4.41. The molecule has 0 bridgehead atoms. The summed E-state index contributed by atoms with van der Waals surface area (Å²) < 4.78 is 13.8. The van der Waals surface area contributed by atoms with Crippen molar-refractivity contribution in [3.8, 4) is 22.8 Å². The highest BCUT2D eigenvalue weighted by Crippen LogP contribution is 2.32. The first-order valence-corrected chi connectivity index (χ1v) is 14.4. The van der Waals surface area contributed by atoms with Gasteiger partial charge in [-0.05, 0) is 67.0 Å². The molecule has 4 aromatic rings. The molecule has 0 amide bonds. The molecule has 0 saturated carbocycles. The normalized spacial score (nSPS) is 17.8. The predicted molar refractivity (Wildman–Crippen MR) is 163 cm³/mol. The second-order valence-electron chi connectivity index (χ2n) is 10.6. The second-order valence-corrected chi connectivity index (χ2v) is 10.6. The molecule has 0 spiro atoms. The second kappa shape index (κ2) is 12.6. The van der Waals surface area contributed by atoms with E-state index in [9.17, 15) is 9.50 Å². The van der Waals surface area contributed by atoms with Gasteiger partial charge in [-0.3, -0.25) is 10.3 Å². The van der Waals surface area contributed by atoms with Crippen molar-refractivity contribution in [3.63, 3.8) is 0 Å². The molecule has 0 unspecified atom stereocenters. The first kappa shape index (κ1) is 27.7. The van der Waals surface area contributed by atoms with Gasteiger partial charge in [-0.1, -0.05) is 24.3 Å². The maximum Gasteiger partial charge on any atom is 0.130 e. The molecule has 9 nitrogen and oxygen atoms in total. The average molecular weight is 567 g/mol. The number of β-amino-alcohol motifs (C(OH)–C–C–N with tert-alkyl or cyclic N) is 1. The molecule has 2 fully saturated rings. The van der Waals surface area contributed by atoms with E-state index >= 15 is 0 Å². The Labute approximate surface area is 244 Å². The molecule has 3 aromatic heterocycles. The number of hydrogen-bond acceptors (Lipinski definition) is 7. The minimum atomic E-state index is -0.251. The van der Waals surface area contributed by atoms with Crippen molar-refractivity contribution < 1.29 is 9.50 Å². The van der Waals surface area contributed by atoms with Crippen molar-refractivity contribution in [2.45, 2.75) is 18.9 Å². The number of pyridine rings is 2. The number of benzene rings is 1. The summed E-state index contributed by atoms with van der Waals surface area (Å²) in [6.07, 6.45) is 7.14. The number of piperazine rings is 1. The van der Waals surface area contributed by atoms with Crippen LogP contribution in [0.15, 0.2) is 72.9 Å². The molecule has 1 aromatic carbocycles. The SMILES string of the molecule is N=C(/C=C\c1ncc(-c2cccc(-c3cccc(N4CCN(CCO)CC4)n3)n2)[nH]1)N1CCC[C@@H]1c1cccc(F)c1. The van der Waals surface area contributed by atoms with E-state index in [2.05, 4.69) is 19.8 Å². The van der Waals surface area contributed by atoms with E-state index in [1.54, 1.807) is 30.5 Å². The fraction of sp³-hybridized carbons (Fsp3) is 0.312. The summed E-state index contributed by atoms with van der Waals surface area (Å²) in [6, 6.07) is 18.5. The van der Waals surface area contributed by atoms with Crippen LogP contribution in [-0.2, 0) is 0 Å². The third-order valence-electron chi connectivity index (χ3n) is 7.92. The molecular formula is C32H35FN8O. The number of nitrogens with one attached hydrogen (secondary N) is 2. The summed E-state index contributed by atoms with van der Waals surface area (Å²) in [7, 11) is 0. The van der Waals surface area contributed by atoms with Gasteiger partial charge < -0.3 is 19.9 Å². The predicted octanol–water partition coefficient (Wildman–Crippen LogP) is 4.61. The average Bonchev–Trinajstić information content (AvgIpc) is 3.71. The van der Waals surface area contributed by atoms with Crippen LogP contribution in [0.1, 0.15) is 30.3 Å². The van der Waals surface area contributed by atoms with Crippen molar-refractivity contribution in [1.82, 2.24) is 29.7 Å². The monoisotopic (exact) mass is 566 g/mol. The van der Waals surface area contributed by atoms with Gasteiger partial charge in [-0.25, -0.2) is 19.3 Å². The number of aromatic nitrogens is 4. The Bertz CT molecular complexity index is 1560. The first-order valence-electron chi connectivity index (χ1n) is 14.4. The third kappa shape index (κ3) is 6.24. The summed E-state index contributed by atoms with van der Waals surface area (Å²) in [4.78, 5) is 24.1. The van der Waals surface area contributed by atoms with Crippen LogP contribution in [-0.4, -0.2) is 86.6 Å². The molecule has 0 radical (unpaired) electrons. The zero-order valence-electron chi connectivity index (χ0n) is 23.5. The Morgan fingerprint density at radius 2 is 1.74 bits per heavy atom. The lowest BCUT2D eigenvalue weighted by Crippen LogP contribution is -2.47. The molecular weight excluding hydrogens is 531 g/mol. The molecule has 6 rings (SSSR count). The maximum atomic E-state index is 13.8. The van der Waals surface area contributed by atoms with E-state index in [0.29, 0.717) is 18.2 Å². The fourth-order valence-corrected chi connectivity index (χ4v) is 5.73. The van der Waals surface area contributed by atoms with Crippen molar-refractivity contribution in [3.05, 3.63) is 90.1 Å². The summed E-state index contributed by atoms with van der Waals surface area (Å²) >= 11 is 0. The quantitative estimate of drug-likeness (QED) is 0.211. The lowest BCUT2D eigenvalue weighted by Gasteiger charge is -2.35. The van der Waals surface area contributed by atoms with Crippen LogP contribution in [0.4, 0.5) is 10.2 Å². The summed E-state index contributed by atoms with van der Waals surface area (Å²) in [5.74, 6) is 1.68. The van der Waals surface area contributed by atoms with Gasteiger partial charge in [-0.15, -0.1) is 0 Å². The van der Waals surface area contributed by atoms with E-state index in [0.717, 1.165) is 79.7 Å². The van der Waals surface area contributed by atoms with Crippen molar-refractivity contribution in [2.75, 3.05) is 50.8 Å². The fourth-order valence-electron chi connectivity index (χ4n) is 5.73. The summed E-state index contributed by atoms with van der Waals surface area (Å²) in [5, 5.41) is 17.9. The standard InChI is InChI=1S/C32H35FN8O/c33-24-6-1-5-23(21-24)29-10-4-14-41(29)30(34)12-13-31-35-22-28(37-31)27-8-2-7-25(36-27)26-9-3-11-32(38-26)40-17-15-39(16-18-40)19-20-42/h1-3,5-9,11-13,21-22,29,34,42H,4,10,14-20H2,(H,35,37)/b13-12-,34-30?/t29-/m1/s1. The van der Waals surface area contributed by atoms with Gasteiger partial charge >= 0.3 is 0 Å². The molecule has 216 valence electrons. The number of anilines is 1. The van der Waals surface area contributed by atoms with E-state index in [-0.39, 0.29) is 18.5 Å². The number of aromatic amines is 1. The Morgan fingerprint density at radius 1 is 0.976 bits per heavy atom. The zero-order chi connectivity index (χ0) is 28.9. The third-order valence-corrected chi connectivity index (χ3v) is 7.92. The van der Waals surface area contributed by atoms with Crippen LogP contribution < -0.4 is 4.90 Å². The van der Waals surface area contributed by atoms with Gasteiger partial charge in [0.1, 0.15) is 23.3 Å². The van der Waals surface area contributed by atoms with Gasteiger partial charge in [0, 0.05) is 39.3 Å². The number of nitrogens with zero attached hydrogens (tertiary/aromatic N) is 6. The number of rotatable bonds is 8. The molecule has 2 saturated heterocycles. The molecule has 10 heteroatoms. The number of aliphatic hydroxyl groups excluding tert-OH is 1. The molecule has 5 heterocycles. The van der Waals surface area contributed by atoms with E-state index in [1.807, 2.05) is 47.4 Å². The van der Waals surface area contributed by atoms with Gasteiger partial charge in [-0.2, -0.15) is 0 Å². The maximum absolute atomic E-state index is 13.8. The minimum absolute atomic E-state index is 0.0000619. The Morgan fingerprint density at radius 3 is 2.55 bits per heavy atom. The first-order chi connectivity index (χ1) is 20.6. The van der Waals surface area contributed by atoms with Crippen LogP contribution in [0.2, 0.25) is 0 Å². The van der Waals surface area contributed by atoms with Crippen LogP contribution >= 0.6 is 0 Å². The highest BCUT2D eigenvalue weighted by molar-refractivity contribution is 5.94. The number of amidine groups is 1.